The number of phenols is 1. The molecule has 3 atom stereocenters. The number of likely N-dealkylation sites (tertiary alicyclic amines) is 1. The van der Waals surface area contributed by atoms with Crippen LogP contribution in [0, 0.1) is 5.92 Å². The Kier molecular flexibility index (Phi) is 8.63. The number of ether oxygens (including phenoxy) is 2. The number of methoxy groups -OCH3 is 1. The van der Waals surface area contributed by atoms with Crippen molar-refractivity contribution in [3.63, 3.8) is 0 Å². The van der Waals surface area contributed by atoms with Crippen molar-refractivity contribution in [3.8, 4) is 11.5 Å². The smallest absolute Gasteiger partial charge is 0.303 e. The van der Waals surface area contributed by atoms with E-state index in [0.29, 0.717) is 50.1 Å². The van der Waals surface area contributed by atoms with Crippen LogP contribution in [-0.2, 0) is 27.3 Å². The molecule has 1 aromatic rings. The molecule has 1 aliphatic carbocycles. The Bertz CT molecular complexity index is 840. The number of esters is 1. The summed E-state index contributed by atoms with van der Waals surface area (Å²) in [6.07, 6.45) is 7.33. The molecule has 1 aromatic carbocycles. The van der Waals surface area contributed by atoms with E-state index in [-0.39, 0.29) is 23.5 Å². The first-order valence-electron chi connectivity index (χ1n) is 12.3. The van der Waals surface area contributed by atoms with Gasteiger partial charge in [-0.1, -0.05) is 25.8 Å². The van der Waals surface area contributed by atoms with E-state index in [1.165, 1.54) is 14.0 Å². The fraction of sp³-hybridized carbons (Fsp3) is 0.692. The molecule has 3 unspecified atom stereocenters. The highest BCUT2D eigenvalue weighted by Gasteiger charge is 2.42. The molecule has 2 N–H and O–H groups in total. The van der Waals surface area contributed by atoms with Crippen molar-refractivity contribution in [3.05, 3.63) is 23.3 Å². The van der Waals surface area contributed by atoms with Gasteiger partial charge in [0.1, 0.15) is 5.60 Å². The van der Waals surface area contributed by atoms with E-state index in [1.807, 2.05) is 6.07 Å². The molecule has 1 saturated heterocycles. The van der Waals surface area contributed by atoms with E-state index >= 15 is 0 Å². The second-order valence-corrected chi connectivity index (χ2v) is 9.71. The van der Waals surface area contributed by atoms with E-state index in [2.05, 4.69) is 6.92 Å². The molecule has 0 spiro atoms. The molecule has 2 aliphatic rings. The van der Waals surface area contributed by atoms with Crippen LogP contribution in [0.15, 0.2) is 12.1 Å². The lowest BCUT2D eigenvalue weighted by molar-refractivity contribution is -0.168. The number of unbranched alkanes of at least 4 members (excludes halogenated alkanes) is 1. The Morgan fingerprint density at radius 1 is 1.33 bits per heavy atom. The Morgan fingerprint density at radius 3 is 2.73 bits per heavy atom. The summed E-state index contributed by atoms with van der Waals surface area (Å²) in [5.74, 6) is 0.459. The molecule has 7 nitrogen and oxygen atoms in total. The number of amides is 1. The zero-order chi connectivity index (χ0) is 24.0. The lowest BCUT2D eigenvalue weighted by atomic mass is 9.72. The van der Waals surface area contributed by atoms with Crippen LogP contribution in [0.2, 0.25) is 0 Å². The average molecular weight is 462 g/mol. The summed E-state index contributed by atoms with van der Waals surface area (Å²) < 4.78 is 11.2. The Hall–Kier alpha value is -2.28. The summed E-state index contributed by atoms with van der Waals surface area (Å²) in [7, 11) is 1.51. The molecule has 7 heteroatoms. The first kappa shape index (κ1) is 25.3. The maximum Gasteiger partial charge on any atom is 0.303 e. The van der Waals surface area contributed by atoms with Crippen molar-refractivity contribution < 1.29 is 29.3 Å². The van der Waals surface area contributed by atoms with E-state index in [4.69, 9.17) is 9.47 Å². The van der Waals surface area contributed by atoms with Crippen LogP contribution >= 0.6 is 0 Å². The number of hydrogen-bond acceptors (Lipinski definition) is 6. The maximum atomic E-state index is 12.1. The van der Waals surface area contributed by atoms with Gasteiger partial charge in [0.2, 0.25) is 5.91 Å². The van der Waals surface area contributed by atoms with Crippen molar-refractivity contribution in [2.24, 2.45) is 5.92 Å². The third-order valence-electron chi connectivity index (χ3n) is 7.22. The van der Waals surface area contributed by atoms with Crippen LogP contribution in [0.4, 0.5) is 0 Å². The van der Waals surface area contributed by atoms with Crippen molar-refractivity contribution in [2.45, 2.75) is 96.3 Å². The van der Waals surface area contributed by atoms with E-state index in [1.54, 1.807) is 11.0 Å². The van der Waals surface area contributed by atoms with E-state index in [0.717, 1.165) is 44.1 Å². The van der Waals surface area contributed by atoms with Gasteiger partial charge in [-0.2, -0.15) is 0 Å². The van der Waals surface area contributed by atoms with Crippen molar-refractivity contribution in [2.75, 3.05) is 13.7 Å². The normalized spacial score (nSPS) is 25.3. The largest absolute Gasteiger partial charge is 0.504 e. The Morgan fingerprint density at radius 2 is 2.12 bits per heavy atom. The number of rotatable bonds is 10. The van der Waals surface area contributed by atoms with Gasteiger partial charge < -0.3 is 24.6 Å². The van der Waals surface area contributed by atoms with Crippen LogP contribution < -0.4 is 4.74 Å². The molecule has 3 rings (SSSR count). The molecule has 0 aromatic heterocycles. The number of nitrogens with zero attached hydrogens (tertiary/aromatic N) is 1. The van der Waals surface area contributed by atoms with Crippen LogP contribution in [0.3, 0.4) is 0 Å². The minimum absolute atomic E-state index is 0.0579. The van der Waals surface area contributed by atoms with Crippen LogP contribution in [-0.4, -0.2) is 52.3 Å². The molecule has 1 saturated carbocycles. The van der Waals surface area contributed by atoms with Gasteiger partial charge in [0.15, 0.2) is 11.5 Å². The summed E-state index contributed by atoms with van der Waals surface area (Å²) in [6.45, 7) is 4.61. The lowest BCUT2D eigenvalue weighted by Crippen LogP contribution is -2.45. The van der Waals surface area contributed by atoms with Gasteiger partial charge >= 0.3 is 5.97 Å². The number of carbonyl (C=O) groups is 2. The van der Waals surface area contributed by atoms with Gasteiger partial charge in [-0.15, -0.1) is 0 Å². The van der Waals surface area contributed by atoms with Gasteiger partial charge in [-0.3, -0.25) is 9.59 Å². The second kappa shape index (κ2) is 11.2. The highest BCUT2D eigenvalue weighted by Crippen LogP contribution is 2.41. The number of hydrogen-bond donors (Lipinski definition) is 2. The van der Waals surface area contributed by atoms with Crippen LogP contribution in [0.5, 0.6) is 11.5 Å². The van der Waals surface area contributed by atoms with E-state index in [9.17, 15) is 19.8 Å². The minimum atomic E-state index is -0.690. The lowest BCUT2D eigenvalue weighted by Gasteiger charge is -2.42. The zero-order valence-electron chi connectivity index (χ0n) is 20.3. The predicted octanol–water partition coefficient (Wildman–Crippen LogP) is 4.11. The SMILES string of the molecule is CCCCC1CCC(CCc2cc(CN3CCCC3=O)c(O)c(OC)c2)(OC(C)=O)CC1O. The zero-order valence-corrected chi connectivity index (χ0v) is 20.3. The summed E-state index contributed by atoms with van der Waals surface area (Å²) in [6, 6.07) is 3.71. The molecule has 2 fully saturated rings. The number of aryl methyl sites for hydroxylation is 1. The summed E-state index contributed by atoms with van der Waals surface area (Å²) >= 11 is 0. The van der Waals surface area contributed by atoms with Gasteiger partial charge in [0.05, 0.1) is 13.2 Å². The molecule has 184 valence electrons. The first-order chi connectivity index (χ1) is 15.8. The minimum Gasteiger partial charge on any atom is -0.504 e. The molecule has 1 heterocycles. The summed E-state index contributed by atoms with van der Waals surface area (Å²) in [4.78, 5) is 25.7. The number of benzene rings is 1. The fourth-order valence-corrected chi connectivity index (χ4v) is 5.37. The molecule has 0 radical (unpaired) electrons. The Labute approximate surface area is 197 Å². The molecule has 1 aliphatic heterocycles. The molecule has 33 heavy (non-hydrogen) atoms. The van der Waals surface area contributed by atoms with Gasteiger partial charge in [-0.25, -0.2) is 0 Å². The van der Waals surface area contributed by atoms with Crippen LogP contribution in [0.1, 0.15) is 82.8 Å². The number of aliphatic hydroxyl groups is 1. The molecular formula is C26H39NO6. The van der Waals surface area contributed by atoms with Crippen molar-refractivity contribution >= 4 is 11.9 Å². The van der Waals surface area contributed by atoms with Crippen molar-refractivity contribution in [1.82, 2.24) is 4.90 Å². The maximum absolute atomic E-state index is 12.1. The third kappa shape index (κ3) is 6.40. The Balaban J connectivity index is 1.75. The predicted molar refractivity (Wildman–Crippen MR) is 125 cm³/mol. The highest BCUT2D eigenvalue weighted by molar-refractivity contribution is 5.78. The second-order valence-electron chi connectivity index (χ2n) is 9.71. The van der Waals surface area contributed by atoms with E-state index < -0.39 is 11.7 Å². The van der Waals surface area contributed by atoms with Gasteiger partial charge in [0, 0.05) is 38.4 Å². The van der Waals surface area contributed by atoms with Gasteiger partial charge in [0.25, 0.3) is 0 Å². The standard InChI is InChI=1S/C26H39NO6/c1-4-5-7-20-10-12-26(16-22(20)29,33-18(2)28)11-9-19-14-21(25(31)23(15-19)32-3)17-27-13-6-8-24(27)30/h14-15,20,22,29,31H,4-13,16-17H2,1-3H3. The highest BCUT2D eigenvalue weighted by atomic mass is 16.6. The average Bonchev–Trinajstić information content (AvgIpc) is 3.17. The van der Waals surface area contributed by atoms with Crippen molar-refractivity contribution in [1.29, 1.82) is 0 Å². The molecular weight excluding hydrogens is 422 g/mol. The quantitative estimate of drug-likeness (QED) is 0.509. The number of carbonyl (C=O) groups excluding carboxylic acids is 2. The monoisotopic (exact) mass is 461 g/mol. The molecule has 1 amide bonds. The van der Waals surface area contributed by atoms with Crippen LogP contribution in [0.25, 0.3) is 0 Å². The summed E-state index contributed by atoms with van der Waals surface area (Å²) in [5.41, 5.74) is 0.911. The van der Waals surface area contributed by atoms with Gasteiger partial charge in [-0.05, 0) is 56.1 Å². The number of aliphatic hydroxyl groups excluding tert-OH is 1. The fourth-order valence-electron chi connectivity index (χ4n) is 5.37. The molecule has 0 bridgehead atoms. The topological polar surface area (TPSA) is 96.3 Å². The summed E-state index contributed by atoms with van der Waals surface area (Å²) in [5, 5.41) is 21.4. The number of phenolic OH excluding ortho intramolecular Hbond substituents is 1. The first-order valence-corrected chi connectivity index (χ1v) is 12.3. The third-order valence-corrected chi connectivity index (χ3v) is 7.22. The number of aromatic hydroxyl groups is 1.